The first kappa shape index (κ1) is 16.3. The summed E-state index contributed by atoms with van der Waals surface area (Å²) in [6.07, 6.45) is -8.17. The maximum atomic E-state index is 12.6. The van der Waals surface area contributed by atoms with E-state index in [0.717, 1.165) is 6.08 Å². The minimum atomic E-state index is -4.89. The third kappa shape index (κ3) is 4.11. The molecule has 1 rings (SSSR count). The molecular formula is C13H10F6O. The first-order valence-electron chi connectivity index (χ1n) is 5.53. The highest BCUT2D eigenvalue weighted by Crippen LogP contribution is 2.36. The van der Waals surface area contributed by atoms with E-state index < -0.39 is 23.5 Å². The first-order valence-corrected chi connectivity index (χ1v) is 5.53. The summed E-state index contributed by atoms with van der Waals surface area (Å²) < 4.78 is 75.5. The van der Waals surface area contributed by atoms with Gasteiger partial charge in [0, 0.05) is 0 Å². The third-order valence-electron chi connectivity index (χ3n) is 2.52. The summed E-state index contributed by atoms with van der Waals surface area (Å²) in [7, 11) is 0. The number of carbonyl (C=O) groups is 1. The van der Waals surface area contributed by atoms with E-state index in [9.17, 15) is 31.1 Å². The summed E-state index contributed by atoms with van der Waals surface area (Å²) in [6, 6.07) is 1.20. The average Bonchev–Trinajstić information content (AvgIpc) is 2.33. The van der Waals surface area contributed by atoms with Crippen molar-refractivity contribution in [2.75, 3.05) is 0 Å². The predicted molar refractivity (Wildman–Crippen MR) is 60.8 cm³/mol. The molecule has 110 valence electrons. The molecule has 0 saturated carbocycles. The molecular weight excluding hydrogens is 286 g/mol. The fourth-order valence-electron chi connectivity index (χ4n) is 1.50. The molecule has 0 aromatic heterocycles. The second-order valence-corrected chi connectivity index (χ2v) is 4.03. The van der Waals surface area contributed by atoms with Crippen molar-refractivity contribution in [3.8, 4) is 0 Å². The average molecular weight is 296 g/mol. The van der Waals surface area contributed by atoms with Gasteiger partial charge in [-0.05, 0) is 41.8 Å². The Bertz CT molecular complexity index is 492. The Hall–Kier alpha value is -1.79. The van der Waals surface area contributed by atoms with Crippen molar-refractivity contribution >= 4 is 12.4 Å². The smallest absolute Gasteiger partial charge is 0.298 e. The highest BCUT2D eigenvalue weighted by Gasteiger charge is 2.36. The van der Waals surface area contributed by atoms with Crippen molar-refractivity contribution in [2.24, 2.45) is 0 Å². The molecule has 1 aromatic carbocycles. The number of allylic oxidation sites excluding steroid dienone is 1. The third-order valence-corrected chi connectivity index (χ3v) is 2.52. The summed E-state index contributed by atoms with van der Waals surface area (Å²) in [5.74, 6) is 0. The number of benzene rings is 1. The zero-order valence-corrected chi connectivity index (χ0v) is 10.3. The number of rotatable bonds is 3. The molecule has 0 bridgehead atoms. The number of aldehydes is 1. The highest BCUT2D eigenvalue weighted by atomic mass is 19.4. The van der Waals surface area contributed by atoms with Gasteiger partial charge in [-0.2, -0.15) is 26.3 Å². The van der Waals surface area contributed by atoms with Crippen molar-refractivity contribution in [2.45, 2.75) is 25.7 Å². The first-order chi connectivity index (χ1) is 9.07. The number of halogens is 6. The number of hydrogen-bond acceptors (Lipinski definition) is 1. The van der Waals surface area contributed by atoms with Gasteiger partial charge in [-0.1, -0.05) is 6.92 Å². The van der Waals surface area contributed by atoms with Crippen LogP contribution in [0.4, 0.5) is 26.3 Å². The van der Waals surface area contributed by atoms with E-state index in [-0.39, 0.29) is 23.6 Å². The van der Waals surface area contributed by atoms with Crippen LogP contribution in [0.1, 0.15) is 30.0 Å². The van der Waals surface area contributed by atoms with Gasteiger partial charge in [0.05, 0.1) is 11.1 Å². The lowest BCUT2D eigenvalue weighted by Gasteiger charge is -2.13. The van der Waals surface area contributed by atoms with Crippen LogP contribution in [0.3, 0.4) is 0 Å². The second kappa shape index (κ2) is 5.68. The van der Waals surface area contributed by atoms with E-state index in [1.54, 1.807) is 6.92 Å². The molecule has 20 heavy (non-hydrogen) atoms. The van der Waals surface area contributed by atoms with Crippen LogP contribution >= 0.6 is 0 Å². The van der Waals surface area contributed by atoms with Crippen LogP contribution < -0.4 is 0 Å². The fourth-order valence-corrected chi connectivity index (χ4v) is 1.50. The molecule has 0 aliphatic rings. The maximum Gasteiger partial charge on any atom is 0.416 e. The molecule has 1 aromatic rings. The molecule has 0 N–H and O–H groups in total. The lowest BCUT2D eigenvalue weighted by Crippen LogP contribution is -2.11. The Labute approximate surface area is 110 Å². The molecule has 7 heteroatoms. The minimum absolute atomic E-state index is 0.0455. The molecule has 0 atom stereocenters. The lowest BCUT2D eigenvalue weighted by atomic mass is 10.0. The largest absolute Gasteiger partial charge is 0.416 e. The predicted octanol–water partition coefficient (Wildman–Crippen LogP) is 4.72. The van der Waals surface area contributed by atoms with Gasteiger partial charge in [-0.15, -0.1) is 0 Å². The lowest BCUT2D eigenvalue weighted by molar-refractivity contribution is -0.143. The zero-order valence-electron chi connectivity index (χ0n) is 10.3. The van der Waals surface area contributed by atoms with Crippen LogP contribution in [-0.4, -0.2) is 6.29 Å². The van der Waals surface area contributed by atoms with E-state index >= 15 is 0 Å². The van der Waals surface area contributed by atoms with Gasteiger partial charge in [-0.3, -0.25) is 4.79 Å². The quantitative estimate of drug-likeness (QED) is 0.448. The Morgan fingerprint density at radius 1 is 1.00 bits per heavy atom. The summed E-state index contributed by atoms with van der Waals surface area (Å²) in [5, 5.41) is 0. The van der Waals surface area contributed by atoms with E-state index in [1.807, 2.05) is 0 Å². The maximum absolute atomic E-state index is 12.6. The van der Waals surface area contributed by atoms with Crippen LogP contribution in [0.15, 0.2) is 23.8 Å². The van der Waals surface area contributed by atoms with Crippen LogP contribution in [-0.2, 0) is 17.1 Å². The zero-order chi connectivity index (χ0) is 15.6. The van der Waals surface area contributed by atoms with Crippen LogP contribution in [0, 0.1) is 0 Å². The molecule has 0 aliphatic carbocycles. The fraction of sp³-hybridized carbons (Fsp3) is 0.308. The number of hydrogen-bond donors (Lipinski definition) is 0. The monoisotopic (exact) mass is 296 g/mol. The van der Waals surface area contributed by atoms with Gasteiger partial charge in [-0.25, -0.2) is 0 Å². The highest BCUT2D eigenvalue weighted by molar-refractivity contribution is 5.81. The van der Waals surface area contributed by atoms with Gasteiger partial charge in [0.25, 0.3) is 0 Å². The topological polar surface area (TPSA) is 17.1 Å². The van der Waals surface area contributed by atoms with Crippen molar-refractivity contribution in [1.82, 2.24) is 0 Å². The Morgan fingerprint density at radius 3 is 1.75 bits per heavy atom. The number of alkyl halides is 6. The second-order valence-electron chi connectivity index (χ2n) is 4.03. The molecule has 0 spiro atoms. The normalized spacial score (nSPS) is 13.4. The molecule has 0 unspecified atom stereocenters. The van der Waals surface area contributed by atoms with E-state index in [2.05, 4.69) is 0 Å². The van der Waals surface area contributed by atoms with Crippen molar-refractivity contribution in [3.05, 3.63) is 40.5 Å². The number of carbonyl (C=O) groups excluding carboxylic acids is 1. The van der Waals surface area contributed by atoms with Gasteiger partial charge in [0.2, 0.25) is 0 Å². The van der Waals surface area contributed by atoms with Crippen LogP contribution in [0.25, 0.3) is 6.08 Å². The van der Waals surface area contributed by atoms with Crippen LogP contribution in [0.5, 0.6) is 0 Å². The van der Waals surface area contributed by atoms with E-state index in [4.69, 9.17) is 0 Å². The molecule has 0 amide bonds. The van der Waals surface area contributed by atoms with Crippen LogP contribution in [0.2, 0.25) is 0 Å². The van der Waals surface area contributed by atoms with Crippen molar-refractivity contribution in [1.29, 1.82) is 0 Å². The molecule has 0 heterocycles. The standard InChI is InChI=1S/C13H10F6O/c1-2-8(7-20)3-9-4-10(12(14,15)16)6-11(5-9)13(17,18)19/h3-7H,2H2,1H3. The Balaban J connectivity index is 3.46. The summed E-state index contributed by atoms with van der Waals surface area (Å²) >= 11 is 0. The Kier molecular flexibility index (Phi) is 4.62. The van der Waals surface area contributed by atoms with Gasteiger partial charge in [0.15, 0.2) is 0 Å². The minimum Gasteiger partial charge on any atom is -0.298 e. The molecule has 0 saturated heterocycles. The van der Waals surface area contributed by atoms with Gasteiger partial charge >= 0.3 is 12.4 Å². The van der Waals surface area contributed by atoms with Crippen molar-refractivity contribution in [3.63, 3.8) is 0 Å². The molecule has 0 radical (unpaired) electrons. The SMILES string of the molecule is CCC(C=O)=Cc1cc(C(F)(F)F)cc(C(F)(F)F)c1. The van der Waals surface area contributed by atoms with Gasteiger partial charge in [0.1, 0.15) is 6.29 Å². The molecule has 0 aliphatic heterocycles. The van der Waals surface area contributed by atoms with Crippen molar-refractivity contribution < 1.29 is 31.1 Å². The van der Waals surface area contributed by atoms with E-state index in [0.29, 0.717) is 18.4 Å². The van der Waals surface area contributed by atoms with E-state index in [1.165, 1.54) is 0 Å². The molecule has 0 fully saturated rings. The Morgan fingerprint density at radius 2 is 1.45 bits per heavy atom. The summed E-state index contributed by atoms with van der Waals surface area (Å²) in [4.78, 5) is 10.6. The summed E-state index contributed by atoms with van der Waals surface area (Å²) in [5.41, 5.74) is -3.01. The van der Waals surface area contributed by atoms with Gasteiger partial charge < -0.3 is 0 Å². The summed E-state index contributed by atoms with van der Waals surface area (Å²) in [6.45, 7) is 1.57. The molecule has 1 nitrogen and oxygen atoms in total.